The maximum atomic E-state index is 5.48. The van der Waals surface area contributed by atoms with Crippen LogP contribution in [0.4, 0.5) is 0 Å². The summed E-state index contributed by atoms with van der Waals surface area (Å²) in [6.07, 6.45) is 5.54. The maximum absolute atomic E-state index is 5.48. The van der Waals surface area contributed by atoms with Crippen LogP contribution in [0, 0.1) is 5.92 Å². The topological polar surface area (TPSA) is 24.5 Å². The Kier molecular flexibility index (Phi) is 5.07. The van der Waals surface area contributed by atoms with Gasteiger partial charge in [0.05, 0.1) is 6.61 Å². The predicted octanol–water partition coefficient (Wildman–Crippen LogP) is 1.49. The van der Waals surface area contributed by atoms with Crippen LogP contribution in [0.1, 0.15) is 32.6 Å². The minimum Gasteiger partial charge on any atom is -0.380 e. The largest absolute Gasteiger partial charge is 0.380 e. The highest BCUT2D eigenvalue weighted by Crippen LogP contribution is 2.29. The van der Waals surface area contributed by atoms with E-state index in [1.54, 1.807) is 0 Å². The fourth-order valence-electron chi connectivity index (χ4n) is 3.22. The predicted molar refractivity (Wildman–Crippen MR) is 66.7 cm³/mol. The quantitative estimate of drug-likeness (QED) is 0.719. The molecule has 0 radical (unpaired) electrons. The molecule has 0 aromatic carbocycles. The van der Waals surface area contributed by atoms with Crippen molar-refractivity contribution in [3.63, 3.8) is 0 Å². The van der Waals surface area contributed by atoms with E-state index in [1.165, 1.54) is 45.3 Å². The SMILES string of the molecule is CCOCCN1CCCC1C1CCNCC1. The van der Waals surface area contributed by atoms with Gasteiger partial charge in [-0.25, -0.2) is 0 Å². The summed E-state index contributed by atoms with van der Waals surface area (Å²) in [5.74, 6) is 0.936. The number of hydrogen-bond donors (Lipinski definition) is 1. The minimum absolute atomic E-state index is 0.850. The van der Waals surface area contributed by atoms with Crippen molar-refractivity contribution in [2.75, 3.05) is 39.4 Å². The van der Waals surface area contributed by atoms with E-state index in [-0.39, 0.29) is 0 Å². The molecular formula is C13H26N2O. The Balaban J connectivity index is 1.77. The zero-order chi connectivity index (χ0) is 11.2. The molecule has 1 N–H and O–H groups in total. The van der Waals surface area contributed by atoms with Gasteiger partial charge in [-0.15, -0.1) is 0 Å². The first-order valence-electron chi connectivity index (χ1n) is 6.94. The molecule has 0 saturated carbocycles. The lowest BCUT2D eigenvalue weighted by molar-refractivity contribution is 0.0895. The van der Waals surface area contributed by atoms with Gasteiger partial charge in [0.1, 0.15) is 0 Å². The molecule has 3 heteroatoms. The Hall–Kier alpha value is -0.120. The summed E-state index contributed by atoms with van der Waals surface area (Å²) in [4.78, 5) is 2.67. The van der Waals surface area contributed by atoms with Gasteiger partial charge >= 0.3 is 0 Å². The van der Waals surface area contributed by atoms with Crippen LogP contribution in [0.5, 0.6) is 0 Å². The maximum Gasteiger partial charge on any atom is 0.0593 e. The van der Waals surface area contributed by atoms with Gasteiger partial charge in [0.2, 0.25) is 0 Å². The van der Waals surface area contributed by atoms with Crippen LogP contribution in [0.25, 0.3) is 0 Å². The zero-order valence-corrected chi connectivity index (χ0v) is 10.6. The average Bonchev–Trinajstić information content (AvgIpc) is 2.79. The van der Waals surface area contributed by atoms with Crippen LogP contribution < -0.4 is 5.32 Å². The molecule has 0 bridgehead atoms. The van der Waals surface area contributed by atoms with E-state index in [1.807, 2.05) is 0 Å². The van der Waals surface area contributed by atoms with E-state index in [4.69, 9.17) is 4.74 Å². The van der Waals surface area contributed by atoms with Gasteiger partial charge in [0, 0.05) is 19.2 Å². The van der Waals surface area contributed by atoms with Crippen LogP contribution in [-0.2, 0) is 4.74 Å². The van der Waals surface area contributed by atoms with Crippen LogP contribution in [-0.4, -0.2) is 50.3 Å². The molecule has 2 aliphatic heterocycles. The molecule has 0 spiro atoms. The van der Waals surface area contributed by atoms with Crippen molar-refractivity contribution in [3.05, 3.63) is 0 Å². The Morgan fingerprint density at radius 3 is 2.81 bits per heavy atom. The summed E-state index contributed by atoms with van der Waals surface area (Å²) in [5.41, 5.74) is 0. The van der Waals surface area contributed by atoms with Gasteiger partial charge in [-0.3, -0.25) is 4.90 Å². The summed E-state index contributed by atoms with van der Waals surface area (Å²) in [5, 5.41) is 3.46. The number of ether oxygens (including phenoxy) is 1. The van der Waals surface area contributed by atoms with Crippen LogP contribution in [0.3, 0.4) is 0 Å². The third-order valence-electron chi connectivity index (χ3n) is 4.07. The smallest absolute Gasteiger partial charge is 0.0593 e. The second-order valence-electron chi connectivity index (χ2n) is 5.03. The first-order chi connectivity index (χ1) is 7.92. The van der Waals surface area contributed by atoms with Crippen LogP contribution in [0.2, 0.25) is 0 Å². The van der Waals surface area contributed by atoms with Crippen molar-refractivity contribution in [1.82, 2.24) is 10.2 Å². The van der Waals surface area contributed by atoms with E-state index in [0.717, 1.165) is 31.7 Å². The molecule has 2 aliphatic rings. The minimum atomic E-state index is 0.850. The molecule has 2 fully saturated rings. The Labute approximate surface area is 99.5 Å². The summed E-state index contributed by atoms with van der Waals surface area (Å²) in [7, 11) is 0. The summed E-state index contributed by atoms with van der Waals surface area (Å²) in [6, 6.07) is 0.850. The van der Waals surface area contributed by atoms with Gasteiger partial charge in [-0.1, -0.05) is 0 Å². The van der Waals surface area contributed by atoms with Crippen LogP contribution >= 0.6 is 0 Å². The number of nitrogens with zero attached hydrogens (tertiary/aromatic N) is 1. The monoisotopic (exact) mass is 226 g/mol. The fourth-order valence-corrected chi connectivity index (χ4v) is 3.22. The normalized spacial score (nSPS) is 28.7. The first kappa shape index (κ1) is 12.3. The molecule has 2 saturated heterocycles. The van der Waals surface area contributed by atoms with Crippen molar-refractivity contribution in [3.8, 4) is 0 Å². The lowest BCUT2D eigenvalue weighted by Gasteiger charge is -2.34. The molecule has 0 aliphatic carbocycles. The fraction of sp³-hybridized carbons (Fsp3) is 1.00. The standard InChI is InChI=1S/C13H26N2O/c1-2-16-11-10-15-9-3-4-13(15)12-5-7-14-8-6-12/h12-14H,2-11H2,1H3. The van der Waals surface area contributed by atoms with E-state index < -0.39 is 0 Å². The number of likely N-dealkylation sites (tertiary alicyclic amines) is 1. The highest BCUT2D eigenvalue weighted by Gasteiger charge is 2.31. The Morgan fingerprint density at radius 2 is 2.06 bits per heavy atom. The Bertz CT molecular complexity index is 192. The van der Waals surface area contributed by atoms with Gasteiger partial charge < -0.3 is 10.1 Å². The van der Waals surface area contributed by atoms with Gasteiger partial charge in [0.15, 0.2) is 0 Å². The lowest BCUT2D eigenvalue weighted by Crippen LogP contribution is -2.42. The van der Waals surface area contributed by atoms with Crippen molar-refractivity contribution in [1.29, 1.82) is 0 Å². The van der Waals surface area contributed by atoms with Crippen molar-refractivity contribution < 1.29 is 4.74 Å². The average molecular weight is 226 g/mol. The molecule has 1 atom stereocenters. The second kappa shape index (κ2) is 6.58. The van der Waals surface area contributed by atoms with Gasteiger partial charge in [-0.05, 0) is 58.2 Å². The van der Waals surface area contributed by atoms with Crippen molar-refractivity contribution in [2.24, 2.45) is 5.92 Å². The molecule has 16 heavy (non-hydrogen) atoms. The van der Waals surface area contributed by atoms with E-state index >= 15 is 0 Å². The molecule has 3 nitrogen and oxygen atoms in total. The van der Waals surface area contributed by atoms with E-state index in [2.05, 4.69) is 17.1 Å². The van der Waals surface area contributed by atoms with E-state index in [0.29, 0.717) is 0 Å². The summed E-state index contributed by atoms with van der Waals surface area (Å²) in [6.45, 7) is 8.73. The van der Waals surface area contributed by atoms with E-state index in [9.17, 15) is 0 Å². The zero-order valence-electron chi connectivity index (χ0n) is 10.6. The number of rotatable bonds is 5. The first-order valence-corrected chi connectivity index (χ1v) is 6.94. The molecule has 0 aromatic rings. The summed E-state index contributed by atoms with van der Waals surface area (Å²) >= 11 is 0. The summed E-state index contributed by atoms with van der Waals surface area (Å²) < 4.78 is 5.48. The molecule has 1 unspecified atom stereocenters. The van der Waals surface area contributed by atoms with Crippen molar-refractivity contribution in [2.45, 2.75) is 38.6 Å². The Morgan fingerprint density at radius 1 is 1.25 bits per heavy atom. The molecule has 2 rings (SSSR count). The third-order valence-corrected chi connectivity index (χ3v) is 4.07. The number of nitrogens with one attached hydrogen (secondary N) is 1. The highest BCUT2D eigenvalue weighted by molar-refractivity contribution is 4.87. The van der Waals surface area contributed by atoms with Crippen LogP contribution in [0.15, 0.2) is 0 Å². The second-order valence-corrected chi connectivity index (χ2v) is 5.03. The molecular weight excluding hydrogens is 200 g/mol. The lowest BCUT2D eigenvalue weighted by atomic mass is 9.89. The molecule has 0 amide bonds. The van der Waals surface area contributed by atoms with Gasteiger partial charge in [0.25, 0.3) is 0 Å². The highest BCUT2D eigenvalue weighted by atomic mass is 16.5. The number of hydrogen-bond acceptors (Lipinski definition) is 3. The van der Waals surface area contributed by atoms with Crippen molar-refractivity contribution >= 4 is 0 Å². The molecule has 94 valence electrons. The third kappa shape index (κ3) is 3.19. The van der Waals surface area contributed by atoms with Gasteiger partial charge in [-0.2, -0.15) is 0 Å². The number of piperidine rings is 1. The molecule has 0 aromatic heterocycles. The molecule has 2 heterocycles.